The third-order valence-electron chi connectivity index (χ3n) is 6.68. The molecule has 3 fully saturated rings. The second-order valence-electron chi connectivity index (χ2n) is 8.61. The van der Waals surface area contributed by atoms with E-state index in [2.05, 4.69) is 16.3 Å². The number of rotatable bonds is 3. The van der Waals surface area contributed by atoms with E-state index in [1.807, 2.05) is 11.5 Å². The monoisotopic (exact) mass is 392 g/mol. The Bertz CT molecular complexity index is 1110. The van der Waals surface area contributed by atoms with Gasteiger partial charge in [0.25, 0.3) is 0 Å². The number of nitrogens with one attached hydrogen (secondary N) is 1. The van der Waals surface area contributed by atoms with Gasteiger partial charge in [-0.25, -0.2) is 4.79 Å². The van der Waals surface area contributed by atoms with Gasteiger partial charge in [0.15, 0.2) is 0 Å². The van der Waals surface area contributed by atoms with E-state index in [9.17, 15) is 20.0 Å². The Kier molecular flexibility index (Phi) is 4.14. The molecule has 29 heavy (non-hydrogen) atoms. The van der Waals surface area contributed by atoms with E-state index >= 15 is 0 Å². The minimum Gasteiger partial charge on any atom is -0.477 e. The van der Waals surface area contributed by atoms with Gasteiger partial charge in [0, 0.05) is 36.8 Å². The van der Waals surface area contributed by atoms with Gasteiger partial charge in [0.05, 0.1) is 11.2 Å². The van der Waals surface area contributed by atoms with E-state index in [4.69, 9.17) is 0 Å². The molecule has 5 rings (SSSR count). The van der Waals surface area contributed by atoms with Gasteiger partial charge in [-0.15, -0.1) is 0 Å². The molecule has 2 aromatic rings. The Morgan fingerprint density at radius 1 is 1.31 bits per heavy atom. The number of nitriles is 1. The van der Waals surface area contributed by atoms with Crippen molar-refractivity contribution in [3.05, 3.63) is 39.2 Å². The number of carboxylic acid groups (broad SMARTS) is 1. The van der Waals surface area contributed by atoms with E-state index in [1.54, 1.807) is 6.07 Å². The Morgan fingerprint density at radius 3 is 2.76 bits per heavy atom. The van der Waals surface area contributed by atoms with Crippen molar-refractivity contribution in [3.63, 3.8) is 0 Å². The van der Waals surface area contributed by atoms with Crippen LogP contribution in [0.1, 0.15) is 53.2 Å². The normalized spacial score (nSPS) is 23.8. The molecule has 7 nitrogen and oxygen atoms in total. The number of fused-ring (bicyclic) bond motifs is 2. The topological polar surface area (TPSA) is 98.4 Å². The zero-order valence-corrected chi connectivity index (χ0v) is 16.4. The van der Waals surface area contributed by atoms with Gasteiger partial charge in [0.2, 0.25) is 5.43 Å². The number of aromatic carboxylic acids is 1. The van der Waals surface area contributed by atoms with Crippen molar-refractivity contribution in [3.8, 4) is 6.07 Å². The minimum absolute atomic E-state index is 0.154. The maximum atomic E-state index is 12.9. The lowest BCUT2D eigenvalue weighted by Crippen LogP contribution is -2.40. The van der Waals surface area contributed by atoms with Gasteiger partial charge in [-0.3, -0.25) is 4.79 Å². The summed E-state index contributed by atoms with van der Waals surface area (Å²) in [6.45, 7) is 4.71. The summed E-state index contributed by atoms with van der Waals surface area (Å²) in [4.78, 5) is 26.8. The SMILES string of the molecule is Cc1cc2c(=O)c(C(=O)O)cn(C3CC3)c2c(C#N)c1N1CC2NCCC[C@H]2C1. The Balaban J connectivity index is 1.74. The third kappa shape index (κ3) is 2.82. The van der Waals surface area contributed by atoms with Crippen LogP contribution in [0, 0.1) is 24.2 Å². The van der Waals surface area contributed by atoms with Crippen molar-refractivity contribution in [2.24, 2.45) is 5.92 Å². The van der Waals surface area contributed by atoms with Gasteiger partial charge in [-0.05, 0) is 56.7 Å². The van der Waals surface area contributed by atoms with Gasteiger partial charge < -0.3 is 19.9 Å². The molecular weight excluding hydrogens is 368 g/mol. The highest BCUT2D eigenvalue weighted by molar-refractivity contribution is 5.97. The first-order chi connectivity index (χ1) is 14.0. The molecule has 2 aliphatic heterocycles. The lowest BCUT2D eigenvalue weighted by molar-refractivity contribution is 0.0695. The van der Waals surface area contributed by atoms with Crippen LogP contribution in [0.3, 0.4) is 0 Å². The number of hydrogen-bond acceptors (Lipinski definition) is 5. The van der Waals surface area contributed by atoms with Crippen molar-refractivity contribution in [1.29, 1.82) is 5.26 Å². The minimum atomic E-state index is -1.22. The van der Waals surface area contributed by atoms with E-state index in [0.717, 1.165) is 43.7 Å². The number of aryl methyl sites for hydroxylation is 1. The number of nitrogens with zero attached hydrogens (tertiary/aromatic N) is 3. The van der Waals surface area contributed by atoms with Crippen molar-refractivity contribution in [2.75, 3.05) is 24.5 Å². The molecule has 2 atom stereocenters. The first-order valence-corrected chi connectivity index (χ1v) is 10.3. The molecule has 0 bridgehead atoms. The summed E-state index contributed by atoms with van der Waals surface area (Å²) in [5.41, 5.74) is 2.11. The van der Waals surface area contributed by atoms with E-state index in [-0.39, 0.29) is 11.6 Å². The number of piperidine rings is 1. The van der Waals surface area contributed by atoms with Crippen LogP contribution in [0.15, 0.2) is 17.1 Å². The standard InChI is InChI=1S/C22H24N4O3/c1-12-7-15-20(26(14-4-5-14)10-17(21(15)27)22(28)29)16(8-23)19(12)25-9-13-3-2-6-24-18(13)11-25/h7,10,13-14,18,24H,2-6,9,11H2,1H3,(H,28,29)/t13-,18?/m0/s1. The zero-order valence-electron chi connectivity index (χ0n) is 16.4. The average molecular weight is 392 g/mol. The summed E-state index contributed by atoms with van der Waals surface area (Å²) in [5.74, 6) is -0.647. The molecule has 2 N–H and O–H groups in total. The summed E-state index contributed by atoms with van der Waals surface area (Å²) in [5, 5.41) is 23.6. The number of carboxylic acids is 1. The van der Waals surface area contributed by atoms with Gasteiger partial charge in [-0.2, -0.15) is 5.26 Å². The fraction of sp³-hybridized carbons (Fsp3) is 0.500. The predicted octanol–water partition coefficient (Wildman–Crippen LogP) is 2.40. The van der Waals surface area contributed by atoms with Gasteiger partial charge >= 0.3 is 5.97 Å². The van der Waals surface area contributed by atoms with Crippen LogP contribution in [0.4, 0.5) is 5.69 Å². The highest BCUT2D eigenvalue weighted by Gasteiger charge is 2.37. The maximum absolute atomic E-state index is 12.9. The Morgan fingerprint density at radius 2 is 2.10 bits per heavy atom. The van der Waals surface area contributed by atoms with E-state index < -0.39 is 11.4 Å². The second-order valence-corrected chi connectivity index (χ2v) is 8.61. The molecule has 0 radical (unpaired) electrons. The lowest BCUT2D eigenvalue weighted by atomic mass is 9.94. The molecule has 0 spiro atoms. The van der Waals surface area contributed by atoms with Crippen LogP contribution < -0.4 is 15.6 Å². The molecule has 1 aromatic carbocycles. The van der Waals surface area contributed by atoms with Crippen LogP contribution in [0.5, 0.6) is 0 Å². The summed E-state index contributed by atoms with van der Waals surface area (Å²) in [6.07, 6.45) is 5.68. The van der Waals surface area contributed by atoms with E-state index in [1.165, 1.54) is 19.0 Å². The smallest absolute Gasteiger partial charge is 0.341 e. The number of anilines is 1. The Labute approximate surface area is 168 Å². The maximum Gasteiger partial charge on any atom is 0.341 e. The fourth-order valence-corrected chi connectivity index (χ4v) is 5.18. The number of pyridine rings is 1. The van der Waals surface area contributed by atoms with Gasteiger partial charge in [-0.1, -0.05) is 0 Å². The van der Waals surface area contributed by atoms with Crippen LogP contribution in [0.2, 0.25) is 0 Å². The number of carbonyl (C=O) groups is 1. The summed E-state index contributed by atoms with van der Waals surface area (Å²) < 4.78 is 1.86. The quantitative estimate of drug-likeness (QED) is 0.832. The molecule has 3 aliphatic rings. The summed E-state index contributed by atoms with van der Waals surface area (Å²) >= 11 is 0. The van der Waals surface area contributed by atoms with Crippen molar-refractivity contribution in [2.45, 2.75) is 44.7 Å². The van der Waals surface area contributed by atoms with Crippen molar-refractivity contribution in [1.82, 2.24) is 9.88 Å². The highest BCUT2D eigenvalue weighted by atomic mass is 16.4. The van der Waals surface area contributed by atoms with Crippen molar-refractivity contribution >= 4 is 22.6 Å². The van der Waals surface area contributed by atoms with Crippen LogP contribution >= 0.6 is 0 Å². The largest absolute Gasteiger partial charge is 0.477 e. The lowest BCUT2D eigenvalue weighted by Gasteiger charge is -2.25. The molecule has 150 valence electrons. The molecule has 7 heteroatoms. The molecular formula is C22H24N4O3. The third-order valence-corrected chi connectivity index (χ3v) is 6.68. The average Bonchev–Trinajstić information content (AvgIpc) is 3.45. The first-order valence-electron chi connectivity index (χ1n) is 10.3. The van der Waals surface area contributed by atoms with Crippen LogP contribution in [-0.2, 0) is 0 Å². The first kappa shape index (κ1) is 18.2. The summed E-state index contributed by atoms with van der Waals surface area (Å²) in [7, 11) is 0. The molecule has 3 heterocycles. The molecule has 1 aliphatic carbocycles. The number of hydrogen-bond donors (Lipinski definition) is 2. The molecule has 0 amide bonds. The van der Waals surface area contributed by atoms with Crippen molar-refractivity contribution < 1.29 is 9.90 Å². The highest BCUT2D eigenvalue weighted by Crippen LogP contribution is 2.41. The molecule has 2 saturated heterocycles. The van der Waals surface area contributed by atoms with E-state index in [0.29, 0.717) is 28.4 Å². The second kappa shape index (κ2) is 6.60. The summed E-state index contributed by atoms with van der Waals surface area (Å²) in [6, 6.07) is 4.74. The predicted molar refractivity (Wildman–Crippen MR) is 110 cm³/mol. The number of benzene rings is 1. The van der Waals surface area contributed by atoms with Crippen LogP contribution in [-0.4, -0.2) is 41.3 Å². The zero-order chi connectivity index (χ0) is 20.3. The molecule has 1 unspecified atom stereocenters. The Hall–Kier alpha value is -2.85. The fourth-order valence-electron chi connectivity index (χ4n) is 5.18. The number of aromatic nitrogens is 1. The van der Waals surface area contributed by atoms with Gasteiger partial charge in [0.1, 0.15) is 17.2 Å². The van der Waals surface area contributed by atoms with Crippen LogP contribution in [0.25, 0.3) is 10.9 Å². The molecule has 1 aromatic heterocycles. The molecule has 1 saturated carbocycles.